The topological polar surface area (TPSA) is 29.5 Å². The highest BCUT2D eigenvalue weighted by atomic mass is 19.3. The van der Waals surface area contributed by atoms with Gasteiger partial charge in [-0.3, -0.25) is 0 Å². The third-order valence-electron chi connectivity index (χ3n) is 2.58. The fourth-order valence-electron chi connectivity index (χ4n) is 1.54. The monoisotopic (exact) mass is 286 g/mol. The summed E-state index contributed by atoms with van der Waals surface area (Å²) in [6.07, 6.45) is -4.72. The van der Waals surface area contributed by atoms with Crippen molar-refractivity contribution in [3.63, 3.8) is 0 Å². The van der Waals surface area contributed by atoms with Crippen LogP contribution in [0.15, 0.2) is 54.6 Å². The van der Waals surface area contributed by atoms with Gasteiger partial charge in [-0.25, -0.2) is 0 Å². The molecule has 0 saturated heterocycles. The number of alkyl halides is 4. The number of hydrogen-bond donors (Lipinski definition) is 1. The molecule has 0 aliphatic rings. The lowest BCUT2D eigenvalue weighted by Gasteiger charge is -2.26. The van der Waals surface area contributed by atoms with E-state index < -0.39 is 23.3 Å². The SMILES string of the molecule is Oc1ccc(OC(F)(F)C(F)(F)c2ccccc2)cc1. The minimum atomic E-state index is -4.72. The van der Waals surface area contributed by atoms with Gasteiger partial charge in [-0.1, -0.05) is 30.3 Å². The van der Waals surface area contributed by atoms with Crippen LogP contribution in [0.4, 0.5) is 17.6 Å². The van der Waals surface area contributed by atoms with E-state index in [9.17, 15) is 17.6 Å². The van der Waals surface area contributed by atoms with E-state index in [1.807, 2.05) is 0 Å². The summed E-state index contributed by atoms with van der Waals surface area (Å²) in [4.78, 5) is 0. The maximum absolute atomic E-state index is 13.8. The summed E-state index contributed by atoms with van der Waals surface area (Å²) in [5.41, 5.74) is -0.844. The molecule has 1 N–H and O–H groups in total. The Labute approximate surface area is 112 Å². The molecule has 0 aromatic heterocycles. The first-order valence-electron chi connectivity index (χ1n) is 5.62. The second kappa shape index (κ2) is 5.03. The summed E-state index contributed by atoms with van der Waals surface area (Å²) in [5, 5.41) is 9.00. The van der Waals surface area contributed by atoms with E-state index in [1.54, 1.807) is 0 Å². The van der Waals surface area contributed by atoms with E-state index >= 15 is 0 Å². The summed E-state index contributed by atoms with van der Waals surface area (Å²) < 4.78 is 58.9. The second-order valence-corrected chi connectivity index (χ2v) is 4.05. The predicted molar refractivity (Wildman–Crippen MR) is 64.0 cm³/mol. The van der Waals surface area contributed by atoms with Crippen LogP contribution in [-0.4, -0.2) is 11.2 Å². The molecule has 2 aromatic rings. The summed E-state index contributed by atoms with van der Waals surface area (Å²) in [6.45, 7) is 0. The summed E-state index contributed by atoms with van der Waals surface area (Å²) >= 11 is 0. The third-order valence-corrected chi connectivity index (χ3v) is 2.58. The molecule has 0 atom stereocenters. The lowest BCUT2D eigenvalue weighted by Crippen LogP contribution is -2.43. The highest BCUT2D eigenvalue weighted by Gasteiger charge is 2.60. The van der Waals surface area contributed by atoms with Crippen molar-refractivity contribution in [2.45, 2.75) is 12.0 Å². The van der Waals surface area contributed by atoms with E-state index in [1.165, 1.54) is 18.2 Å². The fraction of sp³-hybridized carbons (Fsp3) is 0.143. The fourth-order valence-corrected chi connectivity index (χ4v) is 1.54. The van der Waals surface area contributed by atoms with Crippen LogP contribution in [0, 0.1) is 0 Å². The minimum absolute atomic E-state index is 0.185. The number of halogens is 4. The van der Waals surface area contributed by atoms with Gasteiger partial charge in [-0.15, -0.1) is 0 Å². The molecule has 20 heavy (non-hydrogen) atoms. The lowest BCUT2D eigenvalue weighted by molar-refractivity contribution is -0.316. The van der Waals surface area contributed by atoms with Crippen LogP contribution in [0.1, 0.15) is 5.56 Å². The molecule has 2 aromatic carbocycles. The lowest BCUT2D eigenvalue weighted by atomic mass is 10.1. The van der Waals surface area contributed by atoms with Gasteiger partial charge in [0.1, 0.15) is 11.5 Å². The van der Waals surface area contributed by atoms with E-state index in [0.29, 0.717) is 0 Å². The molecule has 0 aliphatic carbocycles. The number of phenolic OH excluding ortho intramolecular Hbond substituents is 1. The number of hydrogen-bond acceptors (Lipinski definition) is 2. The Morgan fingerprint density at radius 1 is 0.800 bits per heavy atom. The molecule has 0 saturated carbocycles. The van der Waals surface area contributed by atoms with E-state index in [4.69, 9.17) is 5.11 Å². The van der Waals surface area contributed by atoms with Crippen LogP contribution in [0.3, 0.4) is 0 Å². The Kier molecular flexibility index (Phi) is 3.57. The molecule has 0 amide bonds. The van der Waals surface area contributed by atoms with Crippen molar-refractivity contribution in [3.8, 4) is 11.5 Å². The summed E-state index contributed by atoms with van der Waals surface area (Å²) in [7, 11) is 0. The molecule has 0 heterocycles. The quantitative estimate of drug-likeness (QED) is 0.855. The normalized spacial score (nSPS) is 12.2. The van der Waals surface area contributed by atoms with Crippen LogP contribution >= 0.6 is 0 Å². The number of rotatable bonds is 4. The zero-order valence-corrected chi connectivity index (χ0v) is 10.1. The highest BCUT2D eigenvalue weighted by Crippen LogP contribution is 2.43. The van der Waals surface area contributed by atoms with Crippen molar-refractivity contribution in [3.05, 3.63) is 60.2 Å². The zero-order chi connectivity index (χ0) is 14.8. The minimum Gasteiger partial charge on any atom is -0.508 e. The van der Waals surface area contributed by atoms with Gasteiger partial charge >= 0.3 is 12.0 Å². The molecule has 0 spiro atoms. The number of phenols is 1. The van der Waals surface area contributed by atoms with Gasteiger partial charge in [0, 0.05) is 5.56 Å². The van der Waals surface area contributed by atoms with Gasteiger partial charge in [-0.2, -0.15) is 17.6 Å². The van der Waals surface area contributed by atoms with Gasteiger partial charge in [0.2, 0.25) is 0 Å². The van der Waals surface area contributed by atoms with Crippen LogP contribution in [0.5, 0.6) is 11.5 Å². The molecule has 0 aliphatic heterocycles. The third kappa shape index (κ3) is 2.68. The number of aromatic hydroxyl groups is 1. The largest absolute Gasteiger partial charge is 0.508 e. The second-order valence-electron chi connectivity index (χ2n) is 4.05. The van der Waals surface area contributed by atoms with Crippen LogP contribution in [-0.2, 0) is 5.92 Å². The van der Waals surface area contributed by atoms with E-state index in [0.717, 1.165) is 36.4 Å². The van der Waals surface area contributed by atoms with Crippen LogP contribution in [0.2, 0.25) is 0 Å². The van der Waals surface area contributed by atoms with Crippen molar-refractivity contribution in [1.29, 1.82) is 0 Å². The molecular formula is C14H10F4O2. The van der Waals surface area contributed by atoms with Crippen molar-refractivity contribution < 1.29 is 27.4 Å². The molecule has 0 bridgehead atoms. The predicted octanol–water partition coefficient (Wildman–Crippen LogP) is 4.16. The molecule has 0 unspecified atom stereocenters. The summed E-state index contributed by atoms with van der Waals surface area (Å²) in [6, 6.07) is 9.78. The van der Waals surface area contributed by atoms with E-state index in [2.05, 4.69) is 4.74 Å². The van der Waals surface area contributed by atoms with Gasteiger partial charge in [0.25, 0.3) is 0 Å². The Balaban J connectivity index is 2.27. The van der Waals surface area contributed by atoms with Gasteiger partial charge in [0.05, 0.1) is 0 Å². The van der Waals surface area contributed by atoms with Gasteiger partial charge in [0.15, 0.2) is 0 Å². The molecule has 6 heteroatoms. The van der Waals surface area contributed by atoms with Crippen LogP contribution < -0.4 is 4.74 Å². The maximum Gasteiger partial charge on any atom is 0.469 e. The Morgan fingerprint density at radius 2 is 1.35 bits per heavy atom. The number of ether oxygens (including phenoxy) is 1. The smallest absolute Gasteiger partial charge is 0.469 e. The van der Waals surface area contributed by atoms with Crippen LogP contribution in [0.25, 0.3) is 0 Å². The first-order chi connectivity index (χ1) is 9.33. The average molecular weight is 286 g/mol. The molecular weight excluding hydrogens is 276 g/mol. The summed E-state index contributed by atoms with van der Waals surface area (Å²) in [5.74, 6) is -5.13. The zero-order valence-electron chi connectivity index (χ0n) is 10.1. The Hall–Kier alpha value is -2.24. The molecule has 2 nitrogen and oxygen atoms in total. The van der Waals surface area contributed by atoms with Gasteiger partial charge in [-0.05, 0) is 24.3 Å². The van der Waals surface area contributed by atoms with Crippen molar-refractivity contribution >= 4 is 0 Å². The Bertz CT molecular complexity index is 567. The average Bonchev–Trinajstić information content (AvgIpc) is 2.42. The standard InChI is InChI=1S/C14H10F4O2/c15-13(16,10-4-2-1-3-5-10)14(17,18)20-12-8-6-11(19)7-9-12/h1-9,19H. The first kappa shape index (κ1) is 14.2. The van der Waals surface area contributed by atoms with Gasteiger partial charge < -0.3 is 9.84 Å². The van der Waals surface area contributed by atoms with Crippen molar-refractivity contribution in [2.24, 2.45) is 0 Å². The van der Waals surface area contributed by atoms with E-state index in [-0.39, 0.29) is 5.75 Å². The molecule has 2 rings (SSSR count). The molecule has 0 fully saturated rings. The maximum atomic E-state index is 13.8. The number of benzene rings is 2. The highest BCUT2D eigenvalue weighted by molar-refractivity contribution is 5.31. The van der Waals surface area contributed by atoms with Crippen molar-refractivity contribution in [2.75, 3.05) is 0 Å². The van der Waals surface area contributed by atoms with Crippen molar-refractivity contribution in [1.82, 2.24) is 0 Å². The Morgan fingerprint density at radius 3 is 1.90 bits per heavy atom. The first-order valence-corrected chi connectivity index (χ1v) is 5.62. The molecule has 106 valence electrons. The molecule has 0 radical (unpaired) electrons.